The van der Waals surface area contributed by atoms with E-state index in [4.69, 9.17) is 5.26 Å². The summed E-state index contributed by atoms with van der Waals surface area (Å²) < 4.78 is 18.8. The minimum Gasteiger partial charge on any atom is -0.232 e. The summed E-state index contributed by atoms with van der Waals surface area (Å²) in [4.78, 5) is 0. The Bertz CT molecular complexity index is 138. The van der Waals surface area contributed by atoms with Gasteiger partial charge < -0.3 is 0 Å². The molecule has 0 amide bonds. The first-order chi connectivity index (χ1) is 4.18. The van der Waals surface area contributed by atoms with Gasteiger partial charge in [-0.15, -0.1) is 0 Å². The molecule has 0 atom stereocenters. The van der Waals surface area contributed by atoms with Crippen LogP contribution in [0.5, 0.6) is 0 Å². The van der Waals surface area contributed by atoms with Crippen LogP contribution in [0.3, 0.4) is 0 Å². The number of hydrogen-bond donors (Lipinski definition) is 1. The van der Waals surface area contributed by atoms with Gasteiger partial charge in [-0.25, -0.2) is 8.42 Å². The Hall–Kier alpha value is -0.560. The Labute approximate surface area is 57.3 Å². The average Bonchev–Trinajstić information content (AvgIpc) is 1.89. The van der Waals surface area contributed by atoms with Crippen LogP contribution in [0.4, 0.5) is 0 Å². The Kier molecular flexibility index (Phi) is 13.1. The quantitative estimate of drug-likeness (QED) is 0.553. The third-order valence-corrected chi connectivity index (χ3v) is 0.933. The molecule has 0 radical (unpaired) electrons. The van der Waals surface area contributed by atoms with E-state index in [2.05, 4.69) is 0 Å². The van der Waals surface area contributed by atoms with Crippen LogP contribution in [0.2, 0.25) is 0 Å². The summed E-state index contributed by atoms with van der Waals surface area (Å²) in [6.07, 6.45) is 0.625. The molecule has 0 saturated carbocycles. The zero-order valence-electron chi connectivity index (χ0n) is 5.63. The van der Waals surface area contributed by atoms with Crippen LogP contribution in [0, 0.1) is 11.3 Å². The fraction of sp³-hybridized carbons (Fsp3) is 0.800. The molecule has 4 heteroatoms. The lowest BCUT2D eigenvalue weighted by molar-refractivity contribution is 0.615. The van der Waals surface area contributed by atoms with Crippen molar-refractivity contribution in [1.29, 1.82) is 5.26 Å². The van der Waals surface area contributed by atoms with Crippen molar-refractivity contribution in [3.05, 3.63) is 0 Å². The maximum Gasteiger partial charge on any atom is 0.139 e. The van der Waals surface area contributed by atoms with Crippen LogP contribution >= 0.6 is 0 Å². The second kappa shape index (κ2) is 10.4. The molecular formula is C5H11NO2S. The molecule has 0 aromatic rings. The predicted octanol–water partition coefficient (Wildman–Crippen LogP) is 0.538. The van der Waals surface area contributed by atoms with E-state index in [0.29, 0.717) is 6.42 Å². The van der Waals surface area contributed by atoms with Crippen LogP contribution in [0.15, 0.2) is 0 Å². The van der Waals surface area contributed by atoms with E-state index in [1.807, 2.05) is 13.0 Å². The molecule has 0 aromatic carbocycles. The highest BCUT2D eigenvalue weighted by Crippen LogP contribution is 1.58. The van der Waals surface area contributed by atoms with Gasteiger partial charge in [-0.3, -0.25) is 0 Å². The summed E-state index contributed by atoms with van der Waals surface area (Å²) in [6.45, 7) is 3.42. The molecule has 0 aliphatic heterocycles. The number of nitrogens with zero attached hydrogens (tertiary/aromatic N) is 1. The number of hydrogen-bond acceptors (Lipinski definition) is 3. The first-order valence-electron chi connectivity index (χ1n) is 2.67. The Morgan fingerprint density at radius 2 is 1.67 bits per heavy atom. The van der Waals surface area contributed by atoms with Gasteiger partial charge in [0, 0.05) is 12.2 Å². The molecule has 0 fully saturated rings. The molecule has 0 saturated heterocycles. The molecule has 54 valence electrons. The second-order valence-corrected chi connectivity index (χ2v) is 2.46. The molecule has 0 aliphatic rings. The van der Waals surface area contributed by atoms with Gasteiger partial charge >= 0.3 is 0 Å². The van der Waals surface area contributed by atoms with Gasteiger partial charge in [0.1, 0.15) is 10.7 Å². The third kappa shape index (κ3) is 37.0. The van der Waals surface area contributed by atoms with Crippen molar-refractivity contribution < 1.29 is 8.42 Å². The molecular weight excluding hydrogens is 138 g/mol. The molecule has 0 bridgehead atoms. The van der Waals surface area contributed by atoms with Crippen LogP contribution in [-0.2, 0) is 10.7 Å². The standard InChI is InChI=1S/C3H5N.C2H6O2S/c1-2-3-4;1-2-5(3)4/h2H2,1H3;5H,2H2,1H3. The summed E-state index contributed by atoms with van der Waals surface area (Å²) in [5.41, 5.74) is 0. The largest absolute Gasteiger partial charge is 0.232 e. The Morgan fingerprint density at radius 1 is 1.44 bits per heavy atom. The minimum atomic E-state index is -2.10. The second-order valence-electron chi connectivity index (χ2n) is 1.16. The summed E-state index contributed by atoms with van der Waals surface area (Å²) in [6, 6.07) is 1.93. The van der Waals surface area contributed by atoms with E-state index in [9.17, 15) is 8.42 Å². The predicted molar refractivity (Wildman–Crippen MR) is 36.8 cm³/mol. The molecule has 0 N–H and O–H groups in total. The lowest BCUT2D eigenvalue weighted by Crippen LogP contribution is -1.73. The third-order valence-electron chi connectivity index (χ3n) is 0.416. The SMILES string of the molecule is CCC#N.CC[SH](=O)=O. The van der Waals surface area contributed by atoms with Gasteiger partial charge in [-0.05, 0) is 0 Å². The lowest BCUT2D eigenvalue weighted by atomic mass is 10.6. The van der Waals surface area contributed by atoms with Gasteiger partial charge in [0.05, 0.1) is 6.07 Å². The normalized spacial score (nSPS) is 7.33. The molecule has 0 aromatic heterocycles. The highest BCUT2D eigenvalue weighted by atomic mass is 32.2. The fourth-order valence-corrected chi connectivity index (χ4v) is 0. The van der Waals surface area contributed by atoms with E-state index in [0.717, 1.165) is 0 Å². The molecule has 0 unspecified atom stereocenters. The number of thiol groups is 1. The first-order valence-corrected chi connectivity index (χ1v) is 4.04. The van der Waals surface area contributed by atoms with Gasteiger partial charge in [0.2, 0.25) is 0 Å². The minimum absolute atomic E-state index is 0.259. The van der Waals surface area contributed by atoms with Crippen molar-refractivity contribution in [2.45, 2.75) is 20.3 Å². The summed E-state index contributed by atoms with van der Waals surface area (Å²) in [5.74, 6) is 0.259. The summed E-state index contributed by atoms with van der Waals surface area (Å²) in [7, 11) is -2.10. The average molecular weight is 149 g/mol. The Morgan fingerprint density at radius 3 is 1.67 bits per heavy atom. The number of nitriles is 1. The van der Waals surface area contributed by atoms with Crippen molar-refractivity contribution in [3.63, 3.8) is 0 Å². The maximum atomic E-state index is 9.41. The van der Waals surface area contributed by atoms with Gasteiger partial charge in [0.15, 0.2) is 0 Å². The van der Waals surface area contributed by atoms with Crippen LogP contribution in [0.25, 0.3) is 0 Å². The van der Waals surface area contributed by atoms with Crippen LogP contribution in [-0.4, -0.2) is 14.2 Å². The highest BCUT2D eigenvalue weighted by molar-refractivity contribution is 7.72. The summed E-state index contributed by atoms with van der Waals surface area (Å²) >= 11 is 0. The molecule has 0 aliphatic carbocycles. The van der Waals surface area contributed by atoms with E-state index in [1.165, 1.54) is 0 Å². The van der Waals surface area contributed by atoms with Crippen molar-refractivity contribution in [2.24, 2.45) is 0 Å². The van der Waals surface area contributed by atoms with E-state index < -0.39 is 10.7 Å². The molecule has 0 rings (SSSR count). The summed E-state index contributed by atoms with van der Waals surface area (Å²) in [5, 5.41) is 7.62. The highest BCUT2D eigenvalue weighted by Gasteiger charge is 1.65. The fourth-order valence-electron chi connectivity index (χ4n) is 0. The topological polar surface area (TPSA) is 57.9 Å². The monoisotopic (exact) mass is 149 g/mol. The lowest BCUT2D eigenvalue weighted by Gasteiger charge is -1.60. The van der Waals surface area contributed by atoms with Gasteiger partial charge in [0.25, 0.3) is 0 Å². The van der Waals surface area contributed by atoms with Gasteiger partial charge in [-0.1, -0.05) is 13.8 Å². The smallest absolute Gasteiger partial charge is 0.139 e. The number of rotatable bonds is 1. The van der Waals surface area contributed by atoms with Gasteiger partial charge in [-0.2, -0.15) is 5.26 Å². The van der Waals surface area contributed by atoms with Crippen LogP contribution in [0.1, 0.15) is 20.3 Å². The molecule has 0 spiro atoms. The van der Waals surface area contributed by atoms with E-state index in [-0.39, 0.29) is 5.75 Å². The molecule has 3 nitrogen and oxygen atoms in total. The van der Waals surface area contributed by atoms with Crippen molar-refractivity contribution >= 4 is 10.7 Å². The zero-order chi connectivity index (χ0) is 7.70. The molecule has 9 heavy (non-hydrogen) atoms. The van der Waals surface area contributed by atoms with Crippen molar-refractivity contribution in [1.82, 2.24) is 0 Å². The Balaban J connectivity index is 0. The van der Waals surface area contributed by atoms with Crippen molar-refractivity contribution in [2.75, 3.05) is 5.75 Å². The maximum absolute atomic E-state index is 9.41. The van der Waals surface area contributed by atoms with Crippen molar-refractivity contribution in [3.8, 4) is 6.07 Å². The van der Waals surface area contributed by atoms with E-state index >= 15 is 0 Å². The first kappa shape index (κ1) is 11.3. The zero-order valence-corrected chi connectivity index (χ0v) is 6.52. The molecule has 0 heterocycles. The van der Waals surface area contributed by atoms with Crippen LogP contribution < -0.4 is 0 Å². The van der Waals surface area contributed by atoms with E-state index in [1.54, 1.807) is 6.92 Å².